The average molecular weight is 354 g/mol. The summed E-state index contributed by atoms with van der Waals surface area (Å²) in [6, 6.07) is 7.99. The third-order valence-electron chi connectivity index (χ3n) is 4.54. The van der Waals surface area contributed by atoms with Gasteiger partial charge in [0.15, 0.2) is 0 Å². The number of rotatable bonds is 4. The fraction of sp³-hybridized carbons (Fsp3) is 0.450. The van der Waals surface area contributed by atoms with Crippen LogP contribution in [-0.2, 0) is 4.74 Å². The van der Waals surface area contributed by atoms with Crippen LogP contribution in [0.15, 0.2) is 24.3 Å². The van der Waals surface area contributed by atoms with Crippen molar-refractivity contribution in [2.45, 2.75) is 33.6 Å². The zero-order valence-electron chi connectivity index (χ0n) is 15.9. The quantitative estimate of drug-likeness (QED) is 0.911. The number of amides is 1. The van der Waals surface area contributed by atoms with Gasteiger partial charge in [-0.1, -0.05) is 32.0 Å². The van der Waals surface area contributed by atoms with Gasteiger partial charge in [0.25, 0.3) is 5.91 Å². The molecule has 1 saturated heterocycles. The number of aryl methyl sites for hydroxylation is 2. The molecule has 0 saturated carbocycles. The van der Waals surface area contributed by atoms with E-state index in [0.29, 0.717) is 49.6 Å². The molecule has 1 aliphatic heterocycles. The predicted octanol–water partition coefficient (Wildman–Crippen LogP) is 3.43. The van der Waals surface area contributed by atoms with Crippen molar-refractivity contribution in [3.8, 4) is 0 Å². The maximum Gasteiger partial charge on any atom is 0.272 e. The summed E-state index contributed by atoms with van der Waals surface area (Å²) in [5.41, 5.74) is 3.84. The first-order valence-corrected chi connectivity index (χ1v) is 9.05. The first-order chi connectivity index (χ1) is 12.5. The third-order valence-corrected chi connectivity index (χ3v) is 4.54. The number of nitrogens with zero attached hydrogens (tertiary/aromatic N) is 3. The van der Waals surface area contributed by atoms with Crippen LogP contribution in [0.5, 0.6) is 0 Å². The molecule has 0 unspecified atom stereocenters. The van der Waals surface area contributed by atoms with Gasteiger partial charge in [-0.3, -0.25) is 4.79 Å². The highest BCUT2D eigenvalue weighted by Gasteiger charge is 2.21. The maximum absolute atomic E-state index is 12.8. The van der Waals surface area contributed by atoms with E-state index < -0.39 is 0 Å². The summed E-state index contributed by atoms with van der Waals surface area (Å²) in [6.45, 7) is 10.5. The number of hydrogen-bond donors (Lipinski definition) is 1. The summed E-state index contributed by atoms with van der Waals surface area (Å²) >= 11 is 0. The van der Waals surface area contributed by atoms with Crippen LogP contribution < -0.4 is 5.32 Å². The zero-order valence-corrected chi connectivity index (χ0v) is 15.9. The molecule has 1 amide bonds. The van der Waals surface area contributed by atoms with Crippen LogP contribution in [0, 0.1) is 13.8 Å². The van der Waals surface area contributed by atoms with E-state index in [0.717, 1.165) is 11.3 Å². The number of aromatic nitrogens is 2. The Kier molecular flexibility index (Phi) is 5.52. The standard InChI is InChI=1S/C20H26N4O2/c1-13(2)16-7-5-6-14(3)19(16)23-18-12-17(21-15(4)22-18)20(25)24-8-10-26-11-9-24/h5-7,12-13H,8-11H2,1-4H3,(H,21,22,23). The normalized spacial score (nSPS) is 14.6. The van der Waals surface area contributed by atoms with Crippen LogP contribution in [-0.4, -0.2) is 47.1 Å². The Bertz CT molecular complexity index is 798. The highest BCUT2D eigenvalue weighted by Crippen LogP contribution is 2.29. The number of hydrogen-bond acceptors (Lipinski definition) is 5. The predicted molar refractivity (Wildman–Crippen MR) is 102 cm³/mol. The van der Waals surface area contributed by atoms with Crippen LogP contribution >= 0.6 is 0 Å². The number of ether oxygens (including phenoxy) is 1. The maximum atomic E-state index is 12.8. The highest BCUT2D eigenvalue weighted by atomic mass is 16.5. The minimum atomic E-state index is -0.0734. The molecular weight excluding hydrogens is 328 g/mol. The molecule has 6 heteroatoms. The molecule has 0 atom stereocenters. The Morgan fingerprint density at radius 3 is 2.62 bits per heavy atom. The summed E-state index contributed by atoms with van der Waals surface area (Å²) in [7, 11) is 0. The molecule has 1 N–H and O–H groups in total. The van der Waals surface area contributed by atoms with E-state index in [-0.39, 0.29) is 5.91 Å². The molecule has 6 nitrogen and oxygen atoms in total. The van der Waals surface area contributed by atoms with Gasteiger partial charge in [0.1, 0.15) is 17.3 Å². The summed E-state index contributed by atoms with van der Waals surface area (Å²) in [5, 5.41) is 3.41. The van der Waals surface area contributed by atoms with Crippen molar-refractivity contribution in [1.29, 1.82) is 0 Å². The third kappa shape index (κ3) is 4.02. The lowest BCUT2D eigenvalue weighted by Gasteiger charge is -2.26. The van der Waals surface area contributed by atoms with Gasteiger partial charge in [-0.2, -0.15) is 0 Å². The lowest BCUT2D eigenvalue weighted by Crippen LogP contribution is -2.41. The second-order valence-corrected chi connectivity index (χ2v) is 6.91. The molecule has 1 aromatic heterocycles. The average Bonchev–Trinajstić information content (AvgIpc) is 2.63. The van der Waals surface area contributed by atoms with Crippen molar-refractivity contribution < 1.29 is 9.53 Å². The van der Waals surface area contributed by atoms with Gasteiger partial charge in [-0.05, 0) is 30.9 Å². The van der Waals surface area contributed by atoms with Crippen LogP contribution in [0.25, 0.3) is 0 Å². The van der Waals surface area contributed by atoms with Gasteiger partial charge < -0.3 is 15.0 Å². The summed E-state index contributed by atoms with van der Waals surface area (Å²) in [5.74, 6) is 1.53. The SMILES string of the molecule is Cc1nc(Nc2c(C)cccc2C(C)C)cc(C(=O)N2CCOCC2)n1. The summed E-state index contributed by atoms with van der Waals surface area (Å²) in [4.78, 5) is 23.4. The molecule has 26 heavy (non-hydrogen) atoms. The van der Waals surface area contributed by atoms with Crippen molar-refractivity contribution in [1.82, 2.24) is 14.9 Å². The molecule has 1 fully saturated rings. The fourth-order valence-electron chi connectivity index (χ4n) is 3.14. The van der Waals surface area contributed by atoms with E-state index in [1.807, 2.05) is 6.92 Å². The van der Waals surface area contributed by atoms with Crippen molar-refractivity contribution in [3.63, 3.8) is 0 Å². The van der Waals surface area contributed by atoms with Crippen molar-refractivity contribution >= 4 is 17.4 Å². The largest absolute Gasteiger partial charge is 0.378 e. The highest BCUT2D eigenvalue weighted by molar-refractivity contribution is 5.93. The topological polar surface area (TPSA) is 67.4 Å². The molecule has 0 radical (unpaired) electrons. The lowest BCUT2D eigenvalue weighted by atomic mass is 9.98. The molecule has 0 spiro atoms. The van der Waals surface area contributed by atoms with E-state index >= 15 is 0 Å². The lowest BCUT2D eigenvalue weighted by molar-refractivity contribution is 0.0299. The summed E-state index contributed by atoms with van der Waals surface area (Å²) < 4.78 is 5.32. The summed E-state index contributed by atoms with van der Waals surface area (Å²) in [6.07, 6.45) is 0. The number of anilines is 2. The van der Waals surface area contributed by atoms with Gasteiger partial charge >= 0.3 is 0 Å². The van der Waals surface area contributed by atoms with Crippen molar-refractivity contribution in [2.24, 2.45) is 0 Å². The monoisotopic (exact) mass is 354 g/mol. The number of carbonyl (C=O) groups is 1. The van der Waals surface area contributed by atoms with E-state index in [9.17, 15) is 4.79 Å². The first kappa shape index (κ1) is 18.3. The molecule has 2 heterocycles. The Hall–Kier alpha value is -2.47. The van der Waals surface area contributed by atoms with E-state index in [1.54, 1.807) is 11.0 Å². The minimum Gasteiger partial charge on any atom is -0.378 e. The van der Waals surface area contributed by atoms with Crippen LogP contribution in [0.1, 0.15) is 47.2 Å². The van der Waals surface area contributed by atoms with Gasteiger partial charge in [-0.15, -0.1) is 0 Å². The molecule has 138 valence electrons. The fourth-order valence-corrected chi connectivity index (χ4v) is 3.14. The van der Waals surface area contributed by atoms with Crippen molar-refractivity contribution in [3.05, 3.63) is 46.9 Å². The van der Waals surface area contributed by atoms with Gasteiger partial charge in [0.05, 0.1) is 13.2 Å². The van der Waals surface area contributed by atoms with E-state index in [2.05, 4.69) is 54.3 Å². The van der Waals surface area contributed by atoms with E-state index in [1.165, 1.54) is 5.56 Å². The number of para-hydroxylation sites is 1. The Balaban J connectivity index is 1.90. The Morgan fingerprint density at radius 2 is 1.92 bits per heavy atom. The molecule has 1 aliphatic rings. The number of morpholine rings is 1. The van der Waals surface area contributed by atoms with Crippen molar-refractivity contribution in [2.75, 3.05) is 31.6 Å². The molecular formula is C20H26N4O2. The Labute approximate surface area is 154 Å². The van der Waals surface area contributed by atoms with Crippen LogP contribution in [0.3, 0.4) is 0 Å². The molecule has 3 rings (SSSR count). The van der Waals surface area contributed by atoms with Crippen LogP contribution in [0.2, 0.25) is 0 Å². The second-order valence-electron chi connectivity index (χ2n) is 6.91. The molecule has 2 aromatic rings. The number of carbonyl (C=O) groups excluding carboxylic acids is 1. The van der Waals surface area contributed by atoms with Gasteiger partial charge in [-0.25, -0.2) is 9.97 Å². The molecule has 0 bridgehead atoms. The minimum absolute atomic E-state index is 0.0734. The number of benzene rings is 1. The zero-order chi connectivity index (χ0) is 18.7. The van der Waals surface area contributed by atoms with Gasteiger partial charge in [0.2, 0.25) is 0 Å². The molecule has 0 aliphatic carbocycles. The smallest absolute Gasteiger partial charge is 0.272 e. The molecule has 1 aromatic carbocycles. The van der Waals surface area contributed by atoms with Gasteiger partial charge in [0, 0.05) is 24.8 Å². The first-order valence-electron chi connectivity index (χ1n) is 9.05. The number of nitrogens with one attached hydrogen (secondary N) is 1. The van der Waals surface area contributed by atoms with E-state index in [4.69, 9.17) is 4.74 Å². The van der Waals surface area contributed by atoms with Crippen LogP contribution in [0.4, 0.5) is 11.5 Å². The Morgan fingerprint density at radius 1 is 1.19 bits per heavy atom. The second kappa shape index (κ2) is 7.83.